The van der Waals surface area contributed by atoms with Gasteiger partial charge in [-0.3, -0.25) is 14.4 Å². The van der Waals surface area contributed by atoms with Crippen molar-refractivity contribution in [2.45, 2.75) is 316 Å². The Kier molecular flexibility index (Phi) is 62.3. The molecule has 0 aromatic carbocycles. The minimum Gasteiger partial charge on any atom is -0.462 e. The molecule has 0 radical (unpaired) electrons. The molecule has 0 aromatic rings. The van der Waals surface area contributed by atoms with Gasteiger partial charge in [-0.15, -0.1) is 0 Å². The first kappa shape index (κ1) is 74.1. The molecule has 6 heteroatoms. The van der Waals surface area contributed by atoms with Crippen LogP contribution in [0.5, 0.6) is 0 Å². The van der Waals surface area contributed by atoms with Crippen LogP contribution in [0.25, 0.3) is 0 Å². The Labute approximate surface area is 482 Å². The van der Waals surface area contributed by atoms with Crippen molar-refractivity contribution in [3.63, 3.8) is 0 Å². The molecule has 0 fully saturated rings. The van der Waals surface area contributed by atoms with E-state index < -0.39 is 6.10 Å². The Bertz CT molecular complexity index is 1570. The van der Waals surface area contributed by atoms with Gasteiger partial charge in [-0.1, -0.05) is 297 Å². The normalized spacial score (nSPS) is 12.8. The van der Waals surface area contributed by atoms with Gasteiger partial charge in [-0.05, 0) is 103 Å². The molecule has 6 nitrogen and oxygen atoms in total. The van der Waals surface area contributed by atoms with Gasteiger partial charge in [0.25, 0.3) is 0 Å². The van der Waals surface area contributed by atoms with Gasteiger partial charge >= 0.3 is 17.9 Å². The predicted molar refractivity (Wildman–Crippen MR) is 339 cm³/mol. The highest BCUT2D eigenvalue weighted by atomic mass is 16.6. The van der Waals surface area contributed by atoms with Gasteiger partial charge in [-0.25, -0.2) is 0 Å². The highest BCUT2D eigenvalue weighted by molar-refractivity contribution is 5.71. The fourth-order valence-corrected chi connectivity index (χ4v) is 9.17. The van der Waals surface area contributed by atoms with Gasteiger partial charge in [0.2, 0.25) is 0 Å². The summed E-state index contributed by atoms with van der Waals surface area (Å²) in [7, 11) is 0. The number of carbonyl (C=O) groups excluding carboxylic acids is 3. The van der Waals surface area contributed by atoms with E-state index in [1.54, 1.807) is 0 Å². The SMILES string of the molecule is CC/C=C\C/C=C\C/C=C\C/C=C\C/C=C\CCCCCCCCCCCCCCCCCC(=O)OCC(COC(=O)CCCCCCCCCCCCCC)OC(=O)CCCCCC/C=C\C/C=C\C/C=C\C/C=C\CC. The molecule has 0 aromatic heterocycles. The summed E-state index contributed by atoms with van der Waals surface area (Å²) in [6.07, 6.45) is 89.6. The summed E-state index contributed by atoms with van der Waals surface area (Å²) in [6.45, 7) is 6.41. The average Bonchev–Trinajstić information content (AvgIpc) is 3.44. The maximum atomic E-state index is 12.9. The second kappa shape index (κ2) is 65.6. The quantitative estimate of drug-likeness (QED) is 0.0261. The molecular weight excluding hydrogens is 961 g/mol. The smallest absolute Gasteiger partial charge is 0.306 e. The van der Waals surface area contributed by atoms with Gasteiger partial charge in [0.15, 0.2) is 6.10 Å². The largest absolute Gasteiger partial charge is 0.462 e. The molecule has 78 heavy (non-hydrogen) atoms. The van der Waals surface area contributed by atoms with E-state index >= 15 is 0 Å². The minimum absolute atomic E-state index is 0.0849. The van der Waals surface area contributed by atoms with Crippen LogP contribution in [0, 0.1) is 0 Å². The summed E-state index contributed by atoms with van der Waals surface area (Å²) >= 11 is 0. The van der Waals surface area contributed by atoms with E-state index in [0.29, 0.717) is 19.3 Å². The molecule has 1 unspecified atom stereocenters. The lowest BCUT2D eigenvalue weighted by Crippen LogP contribution is -2.30. The number of esters is 3. The van der Waals surface area contributed by atoms with E-state index in [4.69, 9.17) is 14.2 Å². The lowest BCUT2D eigenvalue weighted by atomic mass is 10.0. The van der Waals surface area contributed by atoms with E-state index in [-0.39, 0.29) is 31.1 Å². The first-order valence-electron chi connectivity index (χ1n) is 32.9. The molecule has 1 atom stereocenters. The molecule has 446 valence electrons. The summed E-state index contributed by atoms with van der Waals surface area (Å²) in [5.74, 6) is -0.899. The lowest BCUT2D eigenvalue weighted by molar-refractivity contribution is -0.167. The van der Waals surface area contributed by atoms with Crippen LogP contribution >= 0.6 is 0 Å². The fourth-order valence-electron chi connectivity index (χ4n) is 9.17. The Hall–Kier alpha value is -3.93. The second-order valence-corrected chi connectivity index (χ2v) is 21.6. The third-order valence-electron chi connectivity index (χ3n) is 14.0. The zero-order chi connectivity index (χ0) is 56.4. The highest BCUT2D eigenvalue weighted by Gasteiger charge is 2.19. The monoisotopic (exact) mass is 1080 g/mol. The average molecular weight is 1080 g/mol. The first-order valence-corrected chi connectivity index (χ1v) is 32.9. The molecule has 0 aliphatic carbocycles. The zero-order valence-electron chi connectivity index (χ0n) is 51.2. The fraction of sp³-hybridized carbons (Fsp3) is 0.708. The van der Waals surface area contributed by atoms with Crippen molar-refractivity contribution in [2.75, 3.05) is 13.2 Å². The van der Waals surface area contributed by atoms with Gasteiger partial charge in [0, 0.05) is 19.3 Å². The lowest BCUT2D eigenvalue weighted by Gasteiger charge is -2.18. The number of allylic oxidation sites excluding steroid dienone is 18. The summed E-state index contributed by atoms with van der Waals surface area (Å²) in [6, 6.07) is 0. The van der Waals surface area contributed by atoms with Crippen LogP contribution in [-0.2, 0) is 28.6 Å². The predicted octanol–water partition coefficient (Wildman–Crippen LogP) is 22.6. The molecule has 0 saturated heterocycles. The molecule has 0 bridgehead atoms. The Morgan fingerprint density at radius 3 is 0.782 bits per heavy atom. The van der Waals surface area contributed by atoms with E-state index in [0.717, 1.165) is 128 Å². The molecule has 0 rings (SSSR count). The van der Waals surface area contributed by atoms with Crippen molar-refractivity contribution in [2.24, 2.45) is 0 Å². The number of hydrogen-bond donors (Lipinski definition) is 0. The minimum atomic E-state index is -0.790. The van der Waals surface area contributed by atoms with Crippen LogP contribution < -0.4 is 0 Å². The van der Waals surface area contributed by atoms with Gasteiger partial charge in [0.05, 0.1) is 0 Å². The van der Waals surface area contributed by atoms with Crippen molar-refractivity contribution < 1.29 is 28.6 Å². The van der Waals surface area contributed by atoms with Crippen molar-refractivity contribution in [3.05, 3.63) is 109 Å². The summed E-state index contributed by atoms with van der Waals surface area (Å²) in [4.78, 5) is 38.3. The third kappa shape index (κ3) is 62.9. The molecule has 0 spiro atoms. The highest BCUT2D eigenvalue weighted by Crippen LogP contribution is 2.17. The van der Waals surface area contributed by atoms with Crippen molar-refractivity contribution in [1.29, 1.82) is 0 Å². The van der Waals surface area contributed by atoms with Crippen molar-refractivity contribution in [1.82, 2.24) is 0 Å². The maximum absolute atomic E-state index is 12.9. The van der Waals surface area contributed by atoms with Crippen LogP contribution in [0.4, 0.5) is 0 Å². The molecule has 0 saturated carbocycles. The number of ether oxygens (including phenoxy) is 3. The Morgan fingerprint density at radius 1 is 0.269 bits per heavy atom. The molecule has 0 N–H and O–H groups in total. The van der Waals surface area contributed by atoms with E-state index in [9.17, 15) is 14.4 Å². The molecule has 0 amide bonds. The topological polar surface area (TPSA) is 78.9 Å². The van der Waals surface area contributed by atoms with Crippen LogP contribution in [0.2, 0.25) is 0 Å². The molecule has 0 heterocycles. The first-order chi connectivity index (χ1) is 38.5. The summed E-state index contributed by atoms with van der Waals surface area (Å²) < 4.78 is 16.9. The van der Waals surface area contributed by atoms with Crippen molar-refractivity contribution in [3.8, 4) is 0 Å². The third-order valence-corrected chi connectivity index (χ3v) is 14.0. The maximum Gasteiger partial charge on any atom is 0.306 e. The Morgan fingerprint density at radius 2 is 0.500 bits per heavy atom. The van der Waals surface area contributed by atoms with Crippen LogP contribution in [-0.4, -0.2) is 37.2 Å². The van der Waals surface area contributed by atoms with Crippen LogP contribution in [0.15, 0.2) is 109 Å². The number of rotatable bonds is 59. The number of unbranched alkanes of at least 4 members (excludes halogenated alkanes) is 30. The Balaban J connectivity index is 4.22. The van der Waals surface area contributed by atoms with Gasteiger partial charge < -0.3 is 14.2 Å². The summed E-state index contributed by atoms with van der Waals surface area (Å²) in [5, 5.41) is 0. The van der Waals surface area contributed by atoms with Crippen LogP contribution in [0.1, 0.15) is 310 Å². The zero-order valence-corrected chi connectivity index (χ0v) is 51.2. The standard InChI is InChI=1S/C72H122O6/c1-4-7-10-13-16-19-22-25-27-29-30-31-32-33-34-35-36-37-38-39-40-41-42-44-45-47-50-53-56-59-62-65-71(74)77-68-69(67-76-70(73)64-61-58-55-52-49-24-21-18-15-12-9-6-3)78-72(75)66-63-60-57-54-51-48-46-43-28-26-23-20-17-14-11-8-5-2/h7-8,10-11,16-17,19-20,25-28,30-31,33-34,46,48,69H,4-6,9,12-15,18,21-24,29,32,35-45,47,49-68H2,1-3H3/b10-7-,11-8-,19-16-,20-17-,27-25-,28-26-,31-30-,34-33-,48-46-. The second-order valence-electron chi connectivity index (χ2n) is 21.6. The van der Waals surface area contributed by atoms with Gasteiger partial charge in [-0.2, -0.15) is 0 Å². The van der Waals surface area contributed by atoms with E-state index in [2.05, 4.69) is 130 Å². The van der Waals surface area contributed by atoms with E-state index in [1.165, 1.54) is 141 Å². The number of carbonyl (C=O) groups is 3. The molecular formula is C72H122O6. The molecule has 0 aliphatic heterocycles. The number of hydrogen-bond acceptors (Lipinski definition) is 6. The molecule has 0 aliphatic rings. The van der Waals surface area contributed by atoms with Gasteiger partial charge in [0.1, 0.15) is 13.2 Å². The van der Waals surface area contributed by atoms with Crippen LogP contribution in [0.3, 0.4) is 0 Å². The summed E-state index contributed by atoms with van der Waals surface area (Å²) in [5.41, 5.74) is 0. The van der Waals surface area contributed by atoms with E-state index in [1.807, 2.05) is 0 Å². The van der Waals surface area contributed by atoms with Crippen molar-refractivity contribution >= 4 is 17.9 Å².